The Morgan fingerprint density at radius 2 is 1.79 bits per heavy atom. The highest BCUT2D eigenvalue weighted by Gasteiger charge is 2.13. The molecular weight excluding hydrogens is 314 g/mol. The van der Waals surface area contributed by atoms with Crippen molar-refractivity contribution in [1.29, 1.82) is 0 Å². The van der Waals surface area contributed by atoms with Gasteiger partial charge < -0.3 is 11.2 Å². The van der Waals surface area contributed by atoms with Gasteiger partial charge in [-0.1, -0.05) is 51.7 Å². The SMILES string of the molecule is C#CN.CC.CN/N=C(\C)c1ccc(SCC2CCCCC2)cc1. The molecule has 0 spiro atoms. The largest absolute Gasteiger partial charge is 0.360 e. The molecule has 3 N–H and O–H groups in total. The minimum atomic E-state index is 0.936. The van der Waals surface area contributed by atoms with E-state index in [1.54, 1.807) is 6.04 Å². The summed E-state index contributed by atoms with van der Waals surface area (Å²) >= 11 is 2.01. The van der Waals surface area contributed by atoms with Gasteiger partial charge in [0.1, 0.15) is 0 Å². The number of nitrogens with two attached hydrogens (primary N) is 1. The fraction of sp³-hybridized carbons (Fsp3) is 0.550. The van der Waals surface area contributed by atoms with E-state index < -0.39 is 0 Å². The lowest BCUT2D eigenvalue weighted by atomic mass is 9.91. The molecule has 1 fully saturated rings. The lowest BCUT2D eigenvalue weighted by Gasteiger charge is -2.20. The van der Waals surface area contributed by atoms with Crippen molar-refractivity contribution in [3.05, 3.63) is 29.8 Å². The molecule has 0 atom stereocenters. The summed E-state index contributed by atoms with van der Waals surface area (Å²) in [7, 11) is 1.83. The summed E-state index contributed by atoms with van der Waals surface area (Å²) in [4.78, 5) is 1.38. The first-order chi connectivity index (χ1) is 11.7. The molecule has 134 valence electrons. The topological polar surface area (TPSA) is 50.4 Å². The molecule has 1 aliphatic carbocycles. The molecule has 1 saturated carbocycles. The van der Waals surface area contributed by atoms with Crippen LogP contribution in [0.1, 0.15) is 58.4 Å². The molecule has 0 heterocycles. The minimum absolute atomic E-state index is 0.936. The number of hydrogen-bond donors (Lipinski definition) is 2. The lowest BCUT2D eigenvalue weighted by Crippen LogP contribution is -2.08. The number of rotatable bonds is 5. The number of hydrogen-bond acceptors (Lipinski definition) is 4. The Bertz CT molecular complexity index is 483. The zero-order chi connectivity index (χ0) is 18.2. The van der Waals surface area contributed by atoms with Crippen LogP contribution in [0.15, 0.2) is 34.3 Å². The van der Waals surface area contributed by atoms with Crippen LogP contribution in [0.3, 0.4) is 0 Å². The molecule has 0 amide bonds. The highest BCUT2D eigenvalue weighted by molar-refractivity contribution is 7.99. The van der Waals surface area contributed by atoms with Crippen LogP contribution in [0, 0.1) is 18.4 Å². The normalized spacial score (nSPS) is 14.4. The van der Waals surface area contributed by atoms with Gasteiger partial charge in [0.05, 0.1) is 5.71 Å². The Labute approximate surface area is 152 Å². The third-order valence-electron chi connectivity index (χ3n) is 3.76. The number of thioether (sulfide) groups is 1. The summed E-state index contributed by atoms with van der Waals surface area (Å²) < 4.78 is 0. The molecular formula is C20H33N3S. The van der Waals surface area contributed by atoms with Gasteiger partial charge in [0.2, 0.25) is 0 Å². The van der Waals surface area contributed by atoms with Crippen LogP contribution in [0.5, 0.6) is 0 Å². The highest BCUT2D eigenvalue weighted by Crippen LogP contribution is 2.30. The first kappa shape index (κ1) is 22.4. The third kappa shape index (κ3) is 9.52. The van der Waals surface area contributed by atoms with E-state index in [2.05, 4.69) is 46.9 Å². The molecule has 1 aliphatic rings. The molecule has 0 saturated heterocycles. The number of nitrogens with one attached hydrogen (secondary N) is 1. The molecule has 0 bridgehead atoms. The monoisotopic (exact) mass is 347 g/mol. The third-order valence-corrected chi connectivity index (χ3v) is 5.01. The maximum atomic E-state index is 4.38. The van der Waals surface area contributed by atoms with Crippen LogP contribution in [0.25, 0.3) is 0 Å². The van der Waals surface area contributed by atoms with Gasteiger partial charge in [-0.25, -0.2) is 0 Å². The van der Waals surface area contributed by atoms with Crippen molar-refractivity contribution in [1.82, 2.24) is 5.43 Å². The van der Waals surface area contributed by atoms with E-state index in [1.165, 1.54) is 48.3 Å². The number of hydrazone groups is 1. The summed E-state index contributed by atoms with van der Waals surface area (Å²) in [5.41, 5.74) is 9.43. The molecule has 3 nitrogen and oxygen atoms in total. The van der Waals surface area contributed by atoms with Crippen LogP contribution >= 0.6 is 11.8 Å². The summed E-state index contributed by atoms with van der Waals surface area (Å²) in [6.45, 7) is 6.03. The van der Waals surface area contributed by atoms with Gasteiger partial charge in [-0.05, 0) is 49.4 Å². The second-order valence-electron chi connectivity index (χ2n) is 5.43. The van der Waals surface area contributed by atoms with Crippen molar-refractivity contribution in [2.75, 3.05) is 12.8 Å². The Kier molecular flexibility index (Phi) is 14.0. The molecule has 1 aromatic carbocycles. The number of nitrogens with zero attached hydrogens (tertiary/aromatic N) is 1. The Balaban J connectivity index is 0.000000952. The van der Waals surface area contributed by atoms with Crippen LogP contribution in [-0.2, 0) is 0 Å². The zero-order valence-corrected chi connectivity index (χ0v) is 16.5. The van der Waals surface area contributed by atoms with Crippen molar-refractivity contribution in [2.24, 2.45) is 16.8 Å². The van der Waals surface area contributed by atoms with Crippen LogP contribution in [-0.4, -0.2) is 18.5 Å². The molecule has 1 aromatic rings. The maximum Gasteiger partial charge on any atom is 0.0644 e. The predicted molar refractivity (Wildman–Crippen MR) is 109 cm³/mol. The Morgan fingerprint density at radius 3 is 2.29 bits per heavy atom. The second-order valence-corrected chi connectivity index (χ2v) is 6.52. The van der Waals surface area contributed by atoms with E-state index in [0.29, 0.717) is 0 Å². The van der Waals surface area contributed by atoms with Crippen molar-refractivity contribution in [3.63, 3.8) is 0 Å². The standard InChI is InChI=1S/C16H24N2S.C2H3N.C2H6/c1-13(18-17-2)15-8-10-16(11-9-15)19-12-14-6-4-3-5-7-14;1-2-3;1-2/h8-11,14,17H,3-7,12H2,1-2H3;1H,3H2;1-2H3/b18-13+;;. The summed E-state index contributed by atoms with van der Waals surface area (Å²) in [5.74, 6) is 2.22. The highest BCUT2D eigenvalue weighted by atomic mass is 32.2. The lowest BCUT2D eigenvalue weighted by molar-refractivity contribution is 0.391. The van der Waals surface area contributed by atoms with Crippen molar-refractivity contribution >= 4 is 17.5 Å². The average Bonchev–Trinajstić information content (AvgIpc) is 2.64. The van der Waals surface area contributed by atoms with E-state index >= 15 is 0 Å². The van der Waals surface area contributed by atoms with Crippen LogP contribution < -0.4 is 11.2 Å². The molecule has 0 aromatic heterocycles. The van der Waals surface area contributed by atoms with Gasteiger partial charge >= 0.3 is 0 Å². The van der Waals surface area contributed by atoms with E-state index in [-0.39, 0.29) is 0 Å². The van der Waals surface area contributed by atoms with Crippen molar-refractivity contribution in [2.45, 2.75) is 57.8 Å². The average molecular weight is 348 g/mol. The second kappa shape index (κ2) is 15.0. The van der Waals surface area contributed by atoms with Crippen LogP contribution in [0.2, 0.25) is 0 Å². The number of benzene rings is 1. The van der Waals surface area contributed by atoms with E-state index in [1.807, 2.05) is 39.6 Å². The van der Waals surface area contributed by atoms with Gasteiger partial charge in [-0.3, -0.25) is 0 Å². The van der Waals surface area contributed by atoms with Crippen LogP contribution in [0.4, 0.5) is 0 Å². The summed E-state index contributed by atoms with van der Waals surface area (Å²) in [6.07, 6.45) is 11.5. The fourth-order valence-corrected chi connectivity index (χ4v) is 3.68. The molecule has 0 radical (unpaired) electrons. The zero-order valence-electron chi connectivity index (χ0n) is 15.6. The maximum absolute atomic E-state index is 4.38. The predicted octanol–water partition coefficient (Wildman–Crippen LogP) is 4.86. The quantitative estimate of drug-likeness (QED) is 0.263. The smallest absolute Gasteiger partial charge is 0.0644 e. The molecule has 24 heavy (non-hydrogen) atoms. The molecule has 0 unspecified atom stereocenters. The number of terminal acetylenes is 1. The molecule has 4 heteroatoms. The first-order valence-corrected chi connectivity index (χ1v) is 9.80. The van der Waals surface area contributed by atoms with Crippen molar-refractivity contribution in [3.8, 4) is 12.5 Å². The van der Waals surface area contributed by atoms with Gasteiger partial charge in [0.25, 0.3) is 0 Å². The van der Waals surface area contributed by atoms with Gasteiger partial charge in [0.15, 0.2) is 0 Å². The van der Waals surface area contributed by atoms with Gasteiger partial charge in [-0.15, -0.1) is 11.8 Å². The van der Waals surface area contributed by atoms with E-state index in [0.717, 1.165) is 11.6 Å². The molecule has 2 rings (SSSR count). The van der Waals surface area contributed by atoms with Gasteiger partial charge in [-0.2, -0.15) is 5.10 Å². The Hall–Kier alpha value is -1.60. The van der Waals surface area contributed by atoms with E-state index in [9.17, 15) is 0 Å². The summed E-state index contributed by atoms with van der Waals surface area (Å²) in [6, 6.07) is 10.5. The Morgan fingerprint density at radius 1 is 1.25 bits per heavy atom. The fourth-order valence-electron chi connectivity index (χ4n) is 2.59. The van der Waals surface area contributed by atoms with E-state index in [4.69, 9.17) is 0 Å². The minimum Gasteiger partial charge on any atom is -0.360 e. The molecule has 0 aliphatic heterocycles. The van der Waals surface area contributed by atoms with Gasteiger partial charge in [0, 0.05) is 17.7 Å². The summed E-state index contributed by atoms with van der Waals surface area (Å²) in [5, 5.41) is 4.20. The van der Waals surface area contributed by atoms with Crippen molar-refractivity contribution < 1.29 is 0 Å². The first-order valence-electron chi connectivity index (χ1n) is 8.81.